The second-order valence-electron chi connectivity index (χ2n) is 4.09. The summed E-state index contributed by atoms with van der Waals surface area (Å²) in [6, 6.07) is 5.12. The van der Waals surface area contributed by atoms with Crippen LogP contribution in [-0.4, -0.2) is 10.8 Å². The molecule has 2 rings (SSSR count). The molecular formula is C14H11Cl2F2NOTi. The van der Waals surface area contributed by atoms with Crippen LogP contribution in [0, 0.1) is 12.3 Å². The number of rotatable bonds is 1. The molecule has 0 aromatic heterocycles. The molecule has 2 nitrogen and oxygen atoms in total. The third-order valence-electron chi connectivity index (χ3n) is 2.66. The van der Waals surface area contributed by atoms with E-state index in [0.29, 0.717) is 11.1 Å². The molecule has 0 saturated carbocycles. The maximum absolute atomic E-state index is 13.2. The summed E-state index contributed by atoms with van der Waals surface area (Å²) >= 11 is -0.556. The van der Waals surface area contributed by atoms with Crippen LogP contribution in [0.2, 0.25) is 0 Å². The third-order valence-corrected chi connectivity index (χ3v) is 2.66. The summed E-state index contributed by atoms with van der Waals surface area (Å²) in [6.07, 6.45) is 3.59. The average molecular weight is 366 g/mol. The van der Waals surface area contributed by atoms with Crippen LogP contribution in [0.4, 0.5) is 8.78 Å². The molecular weight excluding hydrogens is 355 g/mol. The van der Waals surface area contributed by atoms with E-state index in [2.05, 4.69) is 0 Å². The number of para-hydroxylation sites is 1. The van der Waals surface area contributed by atoms with Gasteiger partial charge in [0.1, 0.15) is 11.5 Å². The Bertz CT molecular complexity index is 618. The molecule has 0 bridgehead atoms. The van der Waals surface area contributed by atoms with E-state index >= 15 is 0 Å². The number of aromatic hydroxyl groups is 1. The van der Waals surface area contributed by atoms with Crippen LogP contribution in [0.1, 0.15) is 11.1 Å². The number of allylic oxidation sites excluding steroid dienone is 5. The molecule has 110 valence electrons. The molecule has 1 aromatic carbocycles. The van der Waals surface area contributed by atoms with Gasteiger partial charge in [-0.15, -0.1) is 0 Å². The third kappa shape index (κ3) is 5.08. The Hall–Kier alpha value is -0.936. The van der Waals surface area contributed by atoms with E-state index in [0.717, 1.165) is 12.2 Å². The average Bonchev–Trinajstić information content (AvgIpc) is 2.42. The Labute approximate surface area is 138 Å². The number of hydrogen-bond donors (Lipinski definition) is 2. The number of nitrogens with one attached hydrogen (secondary N) is 1. The second kappa shape index (κ2) is 8.49. The summed E-state index contributed by atoms with van der Waals surface area (Å²) in [5.41, 5.74) is 0.677. The Balaban J connectivity index is 0.000000677. The van der Waals surface area contributed by atoms with Gasteiger partial charge in [-0.05, 0) is 36.3 Å². The van der Waals surface area contributed by atoms with Crippen molar-refractivity contribution in [3.05, 3.63) is 58.7 Å². The first-order valence-electron chi connectivity index (χ1n) is 5.71. The molecule has 0 atom stereocenters. The minimum absolute atomic E-state index is 0.0771. The van der Waals surface area contributed by atoms with Gasteiger partial charge in [0.05, 0.1) is 0 Å². The van der Waals surface area contributed by atoms with Crippen LogP contribution in [0.3, 0.4) is 0 Å². The van der Waals surface area contributed by atoms with Gasteiger partial charge in [-0.2, -0.15) is 0 Å². The number of hydrogen-bond acceptors (Lipinski definition) is 2. The van der Waals surface area contributed by atoms with E-state index < -0.39 is 34.4 Å². The Morgan fingerprint density at radius 1 is 1.19 bits per heavy atom. The van der Waals surface area contributed by atoms with Crippen LogP contribution < -0.4 is 0 Å². The Kier molecular flexibility index (Phi) is 7.33. The predicted octanol–water partition coefficient (Wildman–Crippen LogP) is 5.20. The van der Waals surface area contributed by atoms with Gasteiger partial charge >= 0.3 is 35.6 Å². The van der Waals surface area contributed by atoms with E-state index in [4.69, 9.17) is 24.0 Å². The number of phenolic OH excluding ortho intramolecular Hbond substituents is 1. The van der Waals surface area contributed by atoms with Crippen LogP contribution in [0.5, 0.6) is 5.75 Å². The fourth-order valence-electron chi connectivity index (χ4n) is 1.65. The van der Waals surface area contributed by atoms with Crippen molar-refractivity contribution in [2.24, 2.45) is 0 Å². The van der Waals surface area contributed by atoms with E-state index in [9.17, 15) is 13.9 Å². The Morgan fingerprint density at radius 3 is 2.24 bits per heavy atom. The van der Waals surface area contributed by atoms with Crippen molar-refractivity contribution in [1.29, 1.82) is 5.41 Å². The van der Waals surface area contributed by atoms with E-state index in [1.807, 2.05) is 0 Å². The number of aryl methyl sites for hydroxylation is 1. The van der Waals surface area contributed by atoms with Gasteiger partial charge in [0.2, 0.25) is 0 Å². The molecule has 0 spiro atoms. The molecule has 0 saturated heterocycles. The van der Waals surface area contributed by atoms with Crippen LogP contribution in [0.15, 0.2) is 47.6 Å². The summed E-state index contributed by atoms with van der Waals surface area (Å²) in [6.45, 7) is 1.74. The molecule has 21 heavy (non-hydrogen) atoms. The summed E-state index contributed by atoms with van der Waals surface area (Å²) in [7, 11) is 9.78. The predicted molar refractivity (Wildman–Crippen MR) is 78.6 cm³/mol. The van der Waals surface area contributed by atoms with E-state index in [-0.39, 0.29) is 11.3 Å². The molecule has 0 heterocycles. The van der Waals surface area contributed by atoms with Gasteiger partial charge in [-0.1, -0.05) is 18.2 Å². The molecule has 0 amide bonds. The number of phenols is 1. The standard InChI is InChI=1S/C14H11F2NO.2ClH.Ti/c1-8-3-2-4-10(14(8)18)5-9-6-11(15)13(17)12(16)7-9;;;/h2-7,17-18H,1H3;2*1H;/q;;;+2/p-2. The molecule has 0 radical (unpaired) electrons. The minimum atomic E-state index is -0.923. The number of benzene rings is 1. The zero-order valence-corrected chi connectivity index (χ0v) is 14.0. The molecule has 1 aromatic rings. The first kappa shape index (κ1) is 18.1. The van der Waals surface area contributed by atoms with Crippen LogP contribution in [-0.2, 0) is 17.0 Å². The fraction of sp³-hybridized carbons (Fsp3) is 0.0714. The monoisotopic (exact) mass is 365 g/mol. The first-order chi connectivity index (χ1) is 9.90. The van der Waals surface area contributed by atoms with Crippen molar-refractivity contribution in [1.82, 2.24) is 0 Å². The quantitative estimate of drug-likeness (QED) is 0.660. The molecule has 2 N–H and O–H groups in total. The van der Waals surface area contributed by atoms with E-state index in [1.54, 1.807) is 25.1 Å². The summed E-state index contributed by atoms with van der Waals surface area (Å²) in [4.78, 5) is 0. The summed E-state index contributed by atoms with van der Waals surface area (Å²) in [5, 5.41) is 16.9. The topological polar surface area (TPSA) is 44.1 Å². The summed E-state index contributed by atoms with van der Waals surface area (Å²) in [5.74, 6) is -1.77. The number of halogens is 4. The molecule has 1 aliphatic carbocycles. The van der Waals surface area contributed by atoms with Gasteiger partial charge in [-0.3, -0.25) is 5.41 Å². The molecule has 1 aliphatic rings. The van der Waals surface area contributed by atoms with Crippen molar-refractivity contribution in [2.75, 3.05) is 0 Å². The first-order valence-corrected chi connectivity index (χ1v) is 10.0. The maximum atomic E-state index is 13.2. The van der Waals surface area contributed by atoms with Gasteiger partial charge in [0.25, 0.3) is 0 Å². The Morgan fingerprint density at radius 2 is 1.71 bits per heavy atom. The zero-order chi connectivity index (χ0) is 16.0. The molecule has 0 unspecified atom stereocenters. The van der Waals surface area contributed by atoms with Crippen molar-refractivity contribution in [3.63, 3.8) is 0 Å². The van der Waals surface area contributed by atoms with Gasteiger partial charge in [0.15, 0.2) is 11.7 Å². The second-order valence-corrected chi connectivity index (χ2v) is 6.67. The molecule has 0 fully saturated rings. The van der Waals surface area contributed by atoms with Crippen molar-refractivity contribution in [2.45, 2.75) is 6.92 Å². The SMILES string of the molecule is Cc1cccc(C=C2C=C(F)C(=N)C(F)=C2)c1O.[Cl][Ti][Cl]. The van der Waals surface area contributed by atoms with Crippen molar-refractivity contribution < 1.29 is 30.9 Å². The fourth-order valence-corrected chi connectivity index (χ4v) is 1.65. The van der Waals surface area contributed by atoms with Crippen molar-refractivity contribution in [3.8, 4) is 5.75 Å². The normalized spacial score (nSPS) is 13.8. The zero-order valence-electron chi connectivity index (χ0n) is 10.9. The van der Waals surface area contributed by atoms with E-state index in [1.165, 1.54) is 6.08 Å². The molecule has 0 aliphatic heterocycles. The van der Waals surface area contributed by atoms with Gasteiger partial charge in [-0.25, -0.2) is 8.78 Å². The van der Waals surface area contributed by atoms with Gasteiger partial charge < -0.3 is 5.11 Å². The van der Waals surface area contributed by atoms with Gasteiger partial charge in [0, 0.05) is 5.56 Å². The van der Waals surface area contributed by atoms with Crippen LogP contribution in [0.25, 0.3) is 6.08 Å². The molecule has 7 heteroatoms. The van der Waals surface area contributed by atoms with Crippen LogP contribution >= 0.6 is 18.6 Å². The van der Waals surface area contributed by atoms with Crippen molar-refractivity contribution >= 4 is 30.4 Å². The summed E-state index contributed by atoms with van der Waals surface area (Å²) < 4.78 is 26.4.